The van der Waals surface area contributed by atoms with Crippen molar-refractivity contribution >= 4 is 17.5 Å². The van der Waals surface area contributed by atoms with E-state index in [1.807, 2.05) is 0 Å². The van der Waals surface area contributed by atoms with Crippen molar-refractivity contribution in [1.29, 1.82) is 0 Å². The Labute approximate surface area is 131 Å². The monoisotopic (exact) mass is 300 g/mol. The Morgan fingerprint density at radius 1 is 0.800 bits per heavy atom. The Balaban J connectivity index is 3.17. The Kier molecular flexibility index (Phi) is 14.0. The molecule has 1 nitrogen and oxygen atoms in total. The molecule has 20 heavy (non-hydrogen) atoms. The molecule has 0 aromatic heterocycles. The van der Waals surface area contributed by atoms with Gasteiger partial charge in [0.2, 0.25) is 0 Å². The summed E-state index contributed by atoms with van der Waals surface area (Å²) in [6.45, 7) is 9.02. The number of hydrogen-bond donors (Lipinski definition) is 0. The van der Waals surface area contributed by atoms with Crippen LogP contribution in [-0.2, 0) is 4.79 Å². The minimum Gasteiger partial charge on any atom is -0.299 e. The summed E-state index contributed by atoms with van der Waals surface area (Å²) in [4.78, 5) is 11.6. The zero-order valence-corrected chi connectivity index (χ0v) is 15.1. The molecule has 0 atom stereocenters. The quantitative estimate of drug-likeness (QED) is 0.360. The molecule has 0 aliphatic rings. The first-order valence-corrected chi connectivity index (χ1v) is 9.77. The Bertz CT molecular complexity index is 223. The highest BCUT2D eigenvalue weighted by Gasteiger charge is 2.03. The maximum Gasteiger partial charge on any atom is 0.142 e. The topological polar surface area (TPSA) is 17.1 Å². The minimum atomic E-state index is 0.451. The molecular weight excluding hydrogens is 264 g/mol. The van der Waals surface area contributed by atoms with Crippen molar-refractivity contribution in [2.45, 2.75) is 85.5 Å². The number of Topliss-reactive ketones (excluding diaryl/α,β-unsaturated/α-hetero) is 1. The average Bonchev–Trinajstić information content (AvgIpc) is 2.36. The van der Waals surface area contributed by atoms with Crippen LogP contribution < -0.4 is 0 Å². The van der Waals surface area contributed by atoms with Crippen LogP contribution in [0.15, 0.2) is 0 Å². The van der Waals surface area contributed by atoms with Gasteiger partial charge >= 0.3 is 0 Å². The Morgan fingerprint density at radius 2 is 1.35 bits per heavy atom. The summed E-state index contributed by atoms with van der Waals surface area (Å²) in [5.74, 6) is 3.85. The fraction of sp³-hybridized carbons (Fsp3) is 0.944. The summed E-state index contributed by atoms with van der Waals surface area (Å²) in [6, 6.07) is 0. The molecule has 0 aliphatic heterocycles. The van der Waals surface area contributed by atoms with E-state index in [2.05, 4.69) is 27.7 Å². The van der Waals surface area contributed by atoms with Crippen LogP contribution in [0.2, 0.25) is 0 Å². The molecule has 0 aromatic rings. The zero-order valence-electron chi connectivity index (χ0n) is 14.2. The van der Waals surface area contributed by atoms with Crippen LogP contribution in [0.4, 0.5) is 0 Å². The van der Waals surface area contributed by atoms with Gasteiger partial charge < -0.3 is 0 Å². The number of thioether (sulfide) groups is 1. The molecule has 0 amide bonds. The standard InChI is InChI=1S/C18H36OS/c1-16(2)12-10-8-6-5-7-9-11-13-18(19)15-20-14-17(3)4/h16-17H,5-15H2,1-4H3. The van der Waals surface area contributed by atoms with Gasteiger partial charge in [0.1, 0.15) is 5.78 Å². The molecule has 0 heterocycles. The first kappa shape index (κ1) is 20.0. The summed E-state index contributed by atoms with van der Waals surface area (Å²) >= 11 is 1.80. The lowest BCUT2D eigenvalue weighted by molar-refractivity contribution is -0.116. The SMILES string of the molecule is CC(C)CCCCCCCCCC(=O)CSCC(C)C. The normalized spacial score (nSPS) is 11.5. The van der Waals surface area contributed by atoms with E-state index in [0.29, 0.717) is 11.7 Å². The highest BCUT2D eigenvalue weighted by molar-refractivity contribution is 7.99. The molecule has 0 bridgehead atoms. The molecule has 0 fully saturated rings. The third-order valence-corrected chi connectivity index (χ3v) is 4.88. The molecule has 120 valence electrons. The predicted octanol–water partition coefficient (Wildman–Crippen LogP) is 6.11. The fourth-order valence-electron chi connectivity index (χ4n) is 2.24. The van der Waals surface area contributed by atoms with E-state index in [-0.39, 0.29) is 0 Å². The van der Waals surface area contributed by atoms with Crippen molar-refractivity contribution in [2.75, 3.05) is 11.5 Å². The van der Waals surface area contributed by atoms with Crippen LogP contribution in [0.1, 0.15) is 85.5 Å². The number of ketones is 1. The van der Waals surface area contributed by atoms with E-state index >= 15 is 0 Å². The zero-order chi connectivity index (χ0) is 15.2. The van der Waals surface area contributed by atoms with Gasteiger partial charge in [0.05, 0.1) is 5.75 Å². The van der Waals surface area contributed by atoms with E-state index in [1.54, 1.807) is 11.8 Å². The van der Waals surface area contributed by atoms with Gasteiger partial charge in [-0.15, -0.1) is 0 Å². The lowest BCUT2D eigenvalue weighted by atomic mass is 10.0. The molecule has 0 rings (SSSR count). The highest BCUT2D eigenvalue weighted by Crippen LogP contribution is 2.13. The van der Waals surface area contributed by atoms with Crippen LogP contribution >= 0.6 is 11.8 Å². The van der Waals surface area contributed by atoms with Gasteiger partial charge in [-0.25, -0.2) is 0 Å². The van der Waals surface area contributed by atoms with Gasteiger partial charge in [-0.3, -0.25) is 4.79 Å². The fourth-order valence-corrected chi connectivity index (χ4v) is 3.20. The van der Waals surface area contributed by atoms with Gasteiger partial charge in [0.25, 0.3) is 0 Å². The second-order valence-corrected chi connectivity index (χ2v) is 7.89. The summed E-state index contributed by atoms with van der Waals surface area (Å²) < 4.78 is 0. The summed E-state index contributed by atoms with van der Waals surface area (Å²) in [7, 11) is 0. The van der Waals surface area contributed by atoms with Crippen molar-refractivity contribution < 1.29 is 4.79 Å². The van der Waals surface area contributed by atoms with Gasteiger partial charge in [-0.2, -0.15) is 11.8 Å². The summed E-state index contributed by atoms with van der Waals surface area (Å²) in [5, 5.41) is 0. The van der Waals surface area contributed by atoms with Crippen LogP contribution in [0.25, 0.3) is 0 Å². The molecule has 0 radical (unpaired) electrons. The predicted molar refractivity (Wildman–Crippen MR) is 93.6 cm³/mol. The first-order valence-electron chi connectivity index (χ1n) is 8.61. The summed E-state index contributed by atoms with van der Waals surface area (Å²) in [6.07, 6.45) is 11.4. The van der Waals surface area contributed by atoms with Crippen molar-refractivity contribution in [3.8, 4) is 0 Å². The van der Waals surface area contributed by atoms with Gasteiger partial charge in [-0.1, -0.05) is 72.6 Å². The molecule has 0 unspecified atom stereocenters. The van der Waals surface area contributed by atoms with Gasteiger partial charge in [-0.05, 0) is 24.0 Å². The Morgan fingerprint density at radius 3 is 1.90 bits per heavy atom. The molecule has 0 saturated heterocycles. The molecule has 0 saturated carbocycles. The smallest absolute Gasteiger partial charge is 0.142 e. The number of hydrogen-bond acceptors (Lipinski definition) is 2. The average molecular weight is 301 g/mol. The molecule has 2 heteroatoms. The number of carbonyl (C=O) groups excluding carboxylic acids is 1. The van der Waals surface area contributed by atoms with Gasteiger partial charge in [0.15, 0.2) is 0 Å². The van der Waals surface area contributed by atoms with Crippen molar-refractivity contribution in [3.63, 3.8) is 0 Å². The Hall–Kier alpha value is 0.0200. The van der Waals surface area contributed by atoms with Crippen molar-refractivity contribution in [3.05, 3.63) is 0 Å². The maximum absolute atomic E-state index is 11.6. The van der Waals surface area contributed by atoms with Crippen LogP contribution in [0.3, 0.4) is 0 Å². The lowest BCUT2D eigenvalue weighted by Crippen LogP contribution is -2.03. The van der Waals surface area contributed by atoms with Crippen molar-refractivity contribution in [1.82, 2.24) is 0 Å². The number of carbonyl (C=O) groups is 1. The van der Waals surface area contributed by atoms with Gasteiger partial charge in [0, 0.05) is 6.42 Å². The summed E-state index contributed by atoms with van der Waals surface area (Å²) in [5.41, 5.74) is 0. The van der Waals surface area contributed by atoms with Crippen LogP contribution in [-0.4, -0.2) is 17.3 Å². The second-order valence-electron chi connectivity index (χ2n) is 6.86. The van der Waals surface area contributed by atoms with E-state index in [0.717, 1.165) is 30.3 Å². The highest BCUT2D eigenvalue weighted by atomic mass is 32.2. The first-order chi connectivity index (χ1) is 9.52. The molecule has 0 aliphatic carbocycles. The molecule has 0 N–H and O–H groups in total. The largest absolute Gasteiger partial charge is 0.299 e. The number of rotatable bonds is 14. The molecule has 0 spiro atoms. The minimum absolute atomic E-state index is 0.451. The van der Waals surface area contributed by atoms with E-state index in [1.165, 1.54) is 44.9 Å². The van der Waals surface area contributed by atoms with Crippen LogP contribution in [0, 0.1) is 11.8 Å². The van der Waals surface area contributed by atoms with E-state index < -0.39 is 0 Å². The van der Waals surface area contributed by atoms with E-state index in [4.69, 9.17) is 0 Å². The maximum atomic E-state index is 11.6. The second kappa shape index (κ2) is 14.0. The van der Waals surface area contributed by atoms with Crippen LogP contribution in [0.5, 0.6) is 0 Å². The third kappa shape index (κ3) is 16.1. The molecule has 0 aromatic carbocycles. The van der Waals surface area contributed by atoms with E-state index in [9.17, 15) is 4.79 Å². The third-order valence-electron chi connectivity index (χ3n) is 3.45. The van der Waals surface area contributed by atoms with Crippen molar-refractivity contribution in [2.24, 2.45) is 11.8 Å². The molecular formula is C18H36OS. The lowest BCUT2D eigenvalue weighted by Gasteiger charge is -2.05. The number of unbranched alkanes of at least 4 members (excludes halogenated alkanes) is 6.